The van der Waals surface area contributed by atoms with Crippen LogP contribution in [0.3, 0.4) is 0 Å². The van der Waals surface area contributed by atoms with Gasteiger partial charge >= 0.3 is 0 Å². The third-order valence-electron chi connectivity index (χ3n) is 5.23. The van der Waals surface area contributed by atoms with Crippen molar-refractivity contribution in [1.82, 2.24) is 20.0 Å². The molecule has 1 fully saturated rings. The molecule has 2 aromatic heterocycles. The molecule has 0 spiro atoms. The maximum atomic E-state index is 13.5. The quantitative estimate of drug-likeness (QED) is 0.502. The molecule has 8 heteroatoms. The van der Waals surface area contributed by atoms with Crippen molar-refractivity contribution in [3.05, 3.63) is 48.0 Å². The zero-order valence-electron chi connectivity index (χ0n) is 16.1. The average molecular weight is 407 g/mol. The Balaban J connectivity index is 1.53. The smallest absolute Gasteiger partial charge is 0.260 e. The highest BCUT2D eigenvalue weighted by atomic mass is 32.1. The number of hydrogen-bond acceptors (Lipinski definition) is 6. The molecule has 0 aliphatic carbocycles. The number of carbonyl (C=O) groups is 1. The molecule has 148 valence electrons. The molecular formula is C21H21N5O2S. The van der Waals surface area contributed by atoms with Crippen LogP contribution in [0.15, 0.2) is 42.5 Å². The molecular weight excluding hydrogens is 386 g/mol. The second-order valence-corrected chi connectivity index (χ2v) is 8.13. The number of aryl methyl sites for hydroxylation is 1. The maximum absolute atomic E-state index is 13.5. The molecule has 1 unspecified atom stereocenters. The summed E-state index contributed by atoms with van der Waals surface area (Å²) in [6.07, 6.45) is 2.02. The fourth-order valence-electron chi connectivity index (χ4n) is 3.71. The van der Waals surface area contributed by atoms with Gasteiger partial charge in [-0.05, 0) is 50.1 Å². The number of hydrogen-bond donors (Lipinski definition) is 0. The average Bonchev–Trinajstić information content (AvgIpc) is 3.49. The van der Waals surface area contributed by atoms with Gasteiger partial charge in [0.05, 0.1) is 28.4 Å². The SMILES string of the molecule is CCn1nnc2cc(C(=O)N(CC3CCCO3)c3nc4ccccc4s3)ccc21. The lowest BCUT2D eigenvalue weighted by Crippen LogP contribution is -2.37. The molecule has 1 saturated heterocycles. The Hall–Kier alpha value is -2.84. The van der Waals surface area contributed by atoms with E-state index in [0.29, 0.717) is 17.2 Å². The van der Waals surface area contributed by atoms with E-state index in [0.717, 1.165) is 47.2 Å². The number of anilines is 1. The molecule has 0 N–H and O–H groups in total. The van der Waals surface area contributed by atoms with E-state index in [4.69, 9.17) is 9.72 Å². The summed E-state index contributed by atoms with van der Waals surface area (Å²) in [5.74, 6) is -0.0903. The summed E-state index contributed by atoms with van der Waals surface area (Å²) < 4.78 is 8.70. The second kappa shape index (κ2) is 7.53. The fourth-order valence-corrected chi connectivity index (χ4v) is 4.68. The van der Waals surface area contributed by atoms with Crippen molar-refractivity contribution in [3.63, 3.8) is 0 Å². The van der Waals surface area contributed by atoms with Crippen molar-refractivity contribution in [2.45, 2.75) is 32.4 Å². The monoisotopic (exact) mass is 407 g/mol. The number of amides is 1. The van der Waals surface area contributed by atoms with Crippen LogP contribution in [-0.4, -0.2) is 45.1 Å². The van der Waals surface area contributed by atoms with Crippen molar-refractivity contribution < 1.29 is 9.53 Å². The molecule has 29 heavy (non-hydrogen) atoms. The minimum Gasteiger partial charge on any atom is -0.376 e. The highest BCUT2D eigenvalue weighted by Crippen LogP contribution is 2.31. The predicted octanol–water partition coefficient (Wildman–Crippen LogP) is 3.89. The lowest BCUT2D eigenvalue weighted by molar-refractivity contribution is 0.0917. The lowest BCUT2D eigenvalue weighted by atomic mass is 10.1. The topological polar surface area (TPSA) is 73.1 Å². The Kier molecular flexibility index (Phi) is 4.73. The first kappa shape index (κ1) is 18.2. The number of fused-ring (bicyclic) bond motifs is 2. The highest BCUT2D eigenvalue weighted by Gasteiger charge is 2.27. The summed E-state index contributed by atoms with van der Waals surface area (Å²) in [5, 5.41) is 9.05. The molecule has 0 saturated carbocycles. The molecule has 3 heterocycles. The Labute approximate surface area is 171 Å². The molecule has 1 amide bonds. The van der Waals surface area contributed by atoms with Gasteiger partial charge in [-0.25, -0.2) is 9.67 Å². The maximum Gasteiger partial charge on any atom is 0.260 e. The van der Waals surface area contributed by atoms with Gasteiger partial charge in [-0.3, -0.25) is 9.69 Å². The Morgan fingerprint density at radius 3 is 2.97 bits per heavy atom. The Bertz CT molecular complexity index is 1150. The van der Waals surface area contributed by atoms with Crippen LogP contribution in [0.4, 0.5) is 5.13 Å². The van der Waals surface area contributed by atoms with Gasteiger partial charge in [0.1, 0.15) is 5.52 Å². The summed E-state index contributed by atoms with van der Waals surface area (Å²) in [4.78, 5) is 20.0. The summed E-state index contributed by atoms with van der Waals surface area (Å²) in [5.41, 5.74) is 3.13. The van der Waals surface area contributed by atoms with Crippen molar-refractivity contribution in [2.24, 2.45) is 0 Å². The number of thiazole rings is 1. The van der Waals surface area contributed by atoms with Crippen LogP contribution >= 0.6 is 11.3 Å². The van der Waals surface area contributed by atoms with E-state index in [1.807, 2.05) is 54.1 Å². The molecule has 1 aliphatic heterocycles. The minimum atomic E-state index is -0.0903. The van der Waals surface area contributed by atoms with Crippen LogP contribution in [0.1, 0.15) is 30.1 Å². The third-order valence-corrected chi connectivity index (χ3v) is 6.29. The number of carbonyl (C=O) groups excluding carboxylic acids is 1. The summed E-state index contributed by atoms with van der Waals surface area (Å²) in [7, 11) is 0. The van der Waals surface area contributed by atoms with Crippen LogP contribution in [-0.2, 0) is 11.3 Å². The van der Waals surface area contributed by atoms with E-state index in [1.165, 1.54) is 11.3 Å². The van der Waals surface area contributed by atoms with Crippen molar-refractivity contribution >= 4 is 43.6 Å². The largest absolute Gasteiger partial charge is 0.376 e. The number of rotatable bonds is 5. The van der Waals surface area contributed by atoms with Gasteiger partial charge in [0.25, 0.3) is 5.91 Å². The molecule has 0 bridgehead atoms. The van der Waals surface area contributed by atoms with Gasteiger partial charge in [0.15, 0.2) is 5.13 Å². The zero-order valence-corrected chi connectivity index (χ0v) is 16.9. The van der Waals surface area contributed by atoms with Gasteiger partial charge in [-0.1, -0.05) is 28.7 Å². The van der Waals surface area contributed by atoms with Gasteiger partial charge in [-0.2, -0.15) is 0 Å². The Morgan fingerprint density at radius 1 is 1.28 bits per heavy atom. The second-order valence-electron chi connectivity index (χ2n) is 7.12. The van der Waals surface area contributed by atoms with Gasteiger partial charge in [-0.15, -0.1) is 5.10 Å². The third kappa shape index (κ3) is 3.38. The van der Waals surface area contributed by atoms with E-state index in [9.17, 15) is 4.79 Å². The number of benzene rings is 2. The van der Waals surface area contributed by atoms with Crippen LogP contribution in [0.25, 0.3) is 21.3 Å². The van der Waals surface area contributed by atoms with Gasteiger partial charge in [0.2, 0.25) is 0 Å². The molecule has 4 aromatic rings. The first-order valence-corrected chi connectivity index (χ1v) is 10.7. The number of para-hydroxylation sites is 1. The van der Waals surface area contributed by atoms with E-state index < -0.39 is 0 Å². The number of ether oxygens (including phenoxy) is 1. The first-order chi connectivity index (χ1) is 14.2. The van der Waals surface area contributed by atoms with Crippen molar-refractivity contribution in [2.75, 3.05) is 18.1 Å². The van der Waals surface area contributed by atoms with E-state index >= 15 is 0 Å². The highest BCUT2D eigenvalue weighted by molar-refractivity contribution is 7.22. The van der Waals surface area contributed by atoms with E-state index in [2.05, 4.69) is 10.3 Å². The Morgan fingerprint density at radius 2 is 2.17 bits per heavy atom. The predicted molar refractivity (Wildman–Crippen MR) is 113 cm³/mol. The molecule has 7 nitrogen and oxygen atoms in total. The number of aromatic nitrogens is 4. The van der Waals surface area contributed by atoms with Crippen LogP contribution in [0.5, 0.6) is 0 Å². The van der Waals surface area contributed by atoms with Crippen molar-refractivity contribution in [1.29, 1.82) is 0 Å². The van der Waals surface area contributed by atoms with Gasteiger partial charge < -0.3 is 4.74 Å². The van der Waals surface area contributed by atoms with Crippen LogP contribution in [0, 0.1) is 0 Å². The fraction of sp³-hybridized carbons (Fsp3) is 0.333. The lowest BCUT2D eigenvalue weighted by Gasteiger charge is -2.23. The zero-order chi connectivity index (χ0) is 19.8. The van der Waals surface area contributed by atoms with E-state index in [-0.39, 0.29) is 12.0 Å². The molecule has 1 atom stereocenters. The van der Waals surface area contributed by atoms with Crippen LogP contribution in [0.2, 0.25) is 0 Å². The van der Waals surface area contributed by atoms with Crippen molar-refractivity contribution in [3.8, 4) is 0 Å². The molecule has 0 radical (unpaired) electrons. The summed E-state index contributed by atoms with van der Waals surface area (Å²) in [6, 6.07) is 13.5. The standard InChI is InChI=1S/C21H21N5O2S/c1-2-26-18-10-9-14(12-17(18)23-24-26)20(27)25(13-15-6-5-11-28-15)21-22-16-7-3-4-8-19(16)29-21/h3-4,7-10,12,15H,2,5-6,11,13H2,1H3. The molecule has 1 aliphatic rings. The first-order valence-electron chi connectivity index (χ1n) is 9.85. The summed E-state index contributed by atoms with van der Waals surface area (Å²) in [6.45, 7) is 4.00. The van der Waals surface area contributed by atoms with Crippen LogP contribution < -0.4 is 4.90 Å². The summed E-state index contributed by atoms with van der Waals surface area (Å²) >= 11 is 1.53. The normalized spacial score (nSPS) is 16.7. The van der Waals surface area contributed by atoms with Gasteiger partial charge in [0, 0.05) is 18.7 Å². The minimum absolute atomic E-state index is 0.0376. The number of nitrogens with zero attached hydrogens (tertiary/aromatic N) is 5. The molecule has 2 aromatic carbocycles. The van der Waals surface area contributed by atoms with E-state index in [1.54, 1.807) is 4.90 Å². The molecule has 5 rings (SSSR count).